The summed E-state index contributed by atoms with van der Waals surface area (Å²) in [4.78, 5) is 24.6. The van der Waals surface area contributed by atoms with Gasteiger partial charge in [-0.3, -0.25) is 9.59 Å². The molecule has 1 saturated carbocycles. The summed E-state index contributed by atoms with van der Waals surface area (Å²) in [6.45, 7) is -0.612. The molecule has 1 heterocycles. The molecule has 1 aromatic heterocycles. The second kappa shape index (κ2) is 7.75. The average Bonchev–Trinajstić information content (AvgIpc) is 3.46. The van der Waals surface area contributed by atoms with Gasteiger partial charge in [-0.25, -0.2) is 9.49 Å². The van der Waals surface area contributed by atoms with E-state index in [0.717, 1.165) is 12.8 Å². The molecule has 27 heavy (non-hydrogen) atoms. The van der Waals surface area contributed by atoms with Crippen LogP contribution < -0.4 is 20.3 Å². The Morgan fingerprint density at radius 1 is 1.33 bits per heavy atom. The summed E-state index contributed by atoms with van der Waals surface area (Å²) in [5.41, 5.74) is 0.131. The lowest BCUT2D eigenvalue weighted by atomic mass is 9.96. The van der Waals surface area contributed by atoms with Crippen LogP contribution in [0.15, 0.2) is 16.9 Å². The van der Waals surface area contributed by atoms with Crippen molar-refractivity contribution in [1.82, 2.24) is 15.5 Å². The number of ether oxygens (including phenoxy) is 2. The lowest BCUT2D eigenvalue weighted by Crippen LogP contribution is -2.33. The highest BCUT2D eigenvalue weighted by Crippen LogP contribution is 2.39. The van der Waals surface area contributed by atoms with Gasteiger partial charge in [-0.15, -0.1) is 0 Å². The van der Waals surface area contributed by atoms with E-state index in [1.54, 1.807) is 0 Å². The number of aromatic amines is 1. The third-order valence-electron chi connectivity index (χ3n) is 4.47. The number of rotatable bonds is 7. The van der Waals surface area contributed by atoms with Gasteiger partial charge in [0.1, 0.15) is 18.0 Å². The zero-order chi connectivity index (χ0) is 19.6. The number of carbonyl (C=O) groups is 1. The van der Waals surface area contributed by atoms with Gasteiger partial charge in [-0.05, 0) is 36.8 Å². The van der Waals surface area contributed by atoms with Crippen LogP contribution in [0.1, 0.15) is 28.8 Å². The van der Waals surface area contributed by atoms with Crippen LogP contribution in [-0.2, 0) is 6.42 Å². The molecule has 144 valence electrons. The first kappa shape index (κ1) is 18.8. The molecule has 3 rings (SSSR count). The van der Waals surface area contributed by atoms with Gasteiger partial charge in [0.05, 0.1) is 19.9 Å². The fourth-order valence-electron chi connectivity index (χ4n) is 2.96. The minimum Gasteiger partial charge on any atom is -0.496 e. The molecule has 0 spiro atoms. The third-order valence-corrected chi connectivity index (χ3v) is 4.47. The predicted molar refractivity (Wildman–Crippen MR) is 94.3 cm³/mol. The first-order valence-corrected chi connectivity index (χ1v) is 8.42. The van der Waals surface area contributed by atoms with E-state index in [2.05, 4.69) is 15.5 Å². The average molecular weight is 377 g/mol. The maximum Gasteiger partial charge on any atom is 0.277 e. The summed E-state index contributed by atoms with van der Waals surface area (Å²) >= 11 is 0. The van der Waals surface area contributed by atoms with Crippen molar-refractivity contribution < 1.29 is 23.8 Å². The van der Waals surface area contributed by atoms with E-state index < -0.39 is 24.0 Å². The third kappa shape index (κ3) is 3.77. The van der Waals surface area contributed by atoms with Crippen LogP contribution in [0.2, 0.25) is 0 Å². The van der Waals surface area contributed by atoms with E-state index in [1.165, 1.54) is 26.4 Å². The lowest BCUT2D eigenvalue weighted by molar-refractivity contribution is 0.0907. The zero-order valence-corrected chi connectivity index (χ0v) is 15.0. The number of nitrogens with zero attached hydrogens (tertiary/aromatic N) is 1. The SMILES string of the molecule is COc1cc(OC)c(-c2n[nH]c(=O)c(C(=O)NCO)c2CC2CC2)cc1F. The van der Waals surface area contributed by atoms with Gasteiger partial charge in [0.25, 0.3) is 11.5 Å². The van der Waals surface area contributed by atoms with Crippen molar-refractivity contribution in [3.63, 3.8) is 0 Å². The fourth-order valence-corrected chi connectivity index (χ4v) is 2.96. The van der Waals surface area contributed by atoms with Crippen LogP contribution in [0.5, 0.6) is 11.5 Å². The minimum absolute atomic E-state index is 0.00187. The summed E-state index contributed by atoms with van der Waals surface area (Å²) in [5, 5.41) is 17.6. The molecule has 0 unspecified atom stereocenters. The zero-order valence-electron chi connectivity index (χ0n) is 15.0. The van der Waals surface area contributed by atoms with Crippen molar-refractivity contribution in [3.05, 3.63) is 39.4 Å². The van der Waals surface area contributed by atoms with Crippen LogP contribution in [0.25, 0.3) is 11.3 Å². The van der Waals surface area contributed by atoms with Gasteiger partial charge in [0.2, 0.25) is 0 Å². The van der Waals surface area contributed by atoms with Gasteiger partial charge < -0.3 is 19.9 Å². The number of amides is 1. The Bertz CT molecular complexity index is 924. The van der Waals surface area contributed by atoms with Crippen molar-refractivity contribution in [3.8, 4) is 22.8 Å². The number of aliphatic hydroxyl groups is 1. The molecule has 1 aliphatic rings. The van der Waals surface area contributed by atoms with E-state index in [1.807, 2.05) is 0 Å². The normalized spacial score (nSPS) is 13.3. The number of hydrogen-bond acceptors (Lipinski definition) is 6. The highest BCUT2D eigenvalue weighted by atomic mass is 19.1. The highest BCUT2D eigenvalue weighted by Gasteiger charge is 2.30. The molecule has 0 radical (unpaired) electrons. The van der Waals surface area contributed by atoms with Crippen LogP contribution in [0.3, 0.4) is 0 Å². The van der Waals surface area contributed by atoms with E-state index in [9.17, 15) is 14.0 Å². The number of nitrogens with one attached hydrogen (secondary N) is 2. The van der Waals surface area contributed by atoms with Crippen molar-refractivity contribution in [1.29, 1.82) is 0 Å². The summed E-state index contributed by atoms with van der Waals surface area (Å²) in [6.07, 6.45) is 2.39. The van der Waals surface area contributed by atoms with Crippen LogP contribution in [0, 0.1) is 11.7 Å². The van der Waals surface area contributed by atoms with Crippen LogP contribution >= 0.6 is 0 Å². The quantitative estimate of drug-likeness (QED) is 0.626. The topological polar surface area (TPSA) is 114 Å². The van der Waals surface area contributed by atoms with E-state index in [4.69, 9.17) is 14.6 Å². The second-order valence-electron chi connectivity index (χ2n) is 6.25. The molecule has 1 fully saturated rings. The molecule has 9 heteroatoms. The lowest BCUT2D eigenvalue weighted by Gasteiger charge is -2.16. The number of halogens is 1. The fraction of sp³-hybridized carbons (Fsp3) is 0.389. The Morgan fingerprint density at radius 3 is 2.63 bits per heavy atom. The maximum absolute atomic E-state index is 14.3. The molecule has 1 aliphatic carbocycles. The van der Waals surface area contributed by atoms with Crippen LogP contribution in [0.4, 0.5) is 4.39 Å². The number of benzene rings is 1. The Balaban J connectivity index is 2.23. The smallest absolute Gasteiger partial charge is 0.277 e. The highest BCUT2D eigenvalue weighted by molar-refractivity contribution is 5.97. The molecule has 0 aliphatic heterocycles. The first-order chi connectivity index (χ1) is 13.0. The van der Waals surface area contributed by atoms with Gasteiger partial charge in [-0.1, -0.05) is 0 Å². The summed E-state index contributed by atoms with van der Waals surface area (Å²) in [6, 6.07) is 2.58. The molecule has 0 bridgehead atoms. The maximum atomic E-state index is 14.3. The first-order valence-electron chi connectivity index (χ1n) is 8.42. The number of aliphatic hydroxyl groups excluding tert-OH is 1. The molecule has 0 atom stereocenters. The summed E-state index contributed by atoms with van der Waals surface area (Å²) < 4.78 is 24.6. The second-order valence-corrected chi connectivity index (χ2v) is 6.25. The molecular weight excluding hydrogens is 357 g/mol. The monoisotopic (exact) mass is 377 g/mol. The summed E-state index contributed by atoms with van der Waals surface area (Å²) in [5.74, 6) is -0.728. The molecule has 3 N–H and O–H groups in total. The Kier molecular flexibility index (Phi) is 5.41. The largest absolute Gasteiger partial charge is 0.496 e. The Hall–Kier alpha value is -2.94. The standard InChI is InChI=1S/C18H20FN3O5/c1-26-13-7-14(27-2)12(19)6-10(13)16-11(5-9-3-4-9)15(17(24)20-8-23)18(25)22-21-16/h6-7,9,23H,3-5,8H2,1-2H3,(H,20,24)(H,22,25). The number of methoxy groups -OCH3 is 2. The molecule has 1 amide bonds. The van der Waals surface area contributed by atoms with Gasteiger partial charge >= 0.3 is 0 Å². The van der Waals surface area contributed by atoms with Gasteiger partial charge in [0.15, 0.2) is 11.6 Å². The van der Waals surface area contributed by atoms with Crippen LogP contribution in [-0.4, -0.2) is 42.2 Å². The molecular formula is C18H20FN3O5. The molecule has 8 nitrogen and oxygen atoms in total. The number of aromatic nitrogens is 2. The van der Waals surface area contributed by atoms with E-state index in [0.29, 0.717) is 29.2 Å². The molecule has 0 saturated heterocycles. The van der Waals surface area contributed by atoms with Crippen molar-refractivity contribution >= 4 is 5.91 Å². The summed E-state index contributed by atoms with van der Waals surface area (Å²) in [7, 11) is 2.76. The predicted octanol–water partition coefficient (Wildman–Crippen LogP) is 1.23. The van der Waals surface area contributed by atoms with E-state index in [-0.39, 0.29) is 17.0 Å². The minimum atomic E-state index is -0.717. The molecule has 1 aromatic carbocycles. The van der Waals surface area contributed by atoms with Gasteiger partial charge in [0, 0.05) is 11.6 Å². The number of hydrogen-bond donors (Lipinski definition) is 3. The number of H-pyrrole nitrogens is 1. The van der Waals surface area contributed by atoms with Gasteiger partial charge in [-0.2, -0.15) is 5.10 Å². The Labute approximate surface area is 154 Å². The number of carbonyl (C=O) groups excluding carboxylic acids is 1. The van der Waals surface area contributed by atoms with E-state index >= 15 is 0 Å². The van der Waals surface area contributed by atoms with Crippen molar-refractivity contribution in [2.75, 3.05) is 21.0 Å². The Morgan fingerprint density at radius 2 is 2.04 bits per heavy atom. The van der Waals surface area contributed by atoms with Crippen molar-refractivity contribution in [2.24, 2.45) is 5.92 Å². The van der Waals surface area contributed by atoms with Crippen molar-refractivity contribution in [2.45, 2.75) is 19.3 Å². The molecule has 2 aromatic rings.